The maximum atomic E-state index is 16.4. The molecule has 4 amide bonds. The number of aromatic hydroxyl groups is 1. The van der Waals surface area contributed by atoms with Gasteiger partial charge in [-0.1, -0.05) is 24.3 Å². The zero-order valence-corrected chi connectivity index (χ0v) is 34.6. The minimum absolute atomic E-state index is 0.100. The lowest BCUT2D eigenvalue weighted by molar-refractivity contribution is -0.120. The Morgan fingerprint density at radius 1 is 0.967 bits per heavy atom. The number of carbonyl (C=O) groups is 3. The van der Waals surface area contributed by atoms with Crippen molar-refractivity contribution in [2.45, 2.75) is 69.9 Å². The third kappa shape index (κ3) is 8.23. The number of likely N-dealkylation sites (tertiary alicyclic amines) is 2. The minimum atomic E-state index is -1.36. The average molecular weight is 830 g/mol. The van der Waals surface area contributed by atoms with E-state index in [2.05, 4.69) is 49.1 Å². The van der Waals surface area contributed by atoms with E-state index < -0.39 is 11.7 Å². The molecular weight excluding hydrogens is 778 g/mol. The van der Waals surface area contributed by atoms with Gasteiger partial charge < -0.3 is 34.8 Å². The van der Waals surface area contributed by atoms with Crippen LogP contribution in [0.1, 0.15) is 72.7 Å². The molecule has 3 aromatic carbocycles. The first kappa shape index (κ1) is 40.4. The van der Waals surface area contributed by atoms with Crippen molar-refractivity contribution in [3.63, 3.8) is 0 Å². The molecule has 4 N–H and O–H groups in total. The number of alkyl halides is 1. The minimum Gasteiger partial charge on any atom is -0.507 e. The van der Waals surface area contributed by atoms with E-state index in [1.165, 1.54) is 0 Å². The van der Waals surface area contributed by atoms with Crippen molar-refractivity contribution in [3.05, 3.63) is 95.7 Å². The number of hydrogen-bond acceptors (Lipinski definition) is 10. The Morgan fingerprint density at radius 2 is 1.72 bits per heavy atom. The summed E-state index contributed by atoms with van der Waals surface area (Å²) in [6.07, 6.45) is 4.45. The molecule has 318 valence electrons. The monoisotopic (exact) mass is 829 g/mol. The highest BCUT2D eigenvalue weighted by Gasteiger charge is 2.39. The highest BCUT2D eigenvalue weighted by Crippen LogP contribution is 2.37. The fourth-order valence-corrected chi connectivity index (χ4v) is 9.54. The van der Waals surface area contributed by atoms with Crippen molar-refractivity contribution in [3.8, 4) is 17.0 Å². The molecule has 0 aliphatic carbocycles. The average Bonchev–Trinajstić information content (AvgIpc) is 3.59. The Balaban J connectivity index is 0.776. The Morgan fingerprint density at radius 3 is 2.46 bits per heavy atom. The number of aromatic nitrogens is 3. The van der Waals surface area contributed by atoms with E-state index >= 15 is 4.39 Å². The van der Waals surface area contributed by atoms with E-state index in [0.717, 1.165) is 53.6 Å². The van der Waals surface area contributed by atoms with Gasteiger partial charge in [0.1, 0.15) is 17.5 Å². The molecule has 61 heavy (non-hydrogen) atoms. The van der Waals surface area contributed by atoms with Crippen molar-refractivity contribution in [1.29, 1.82) is 0 Å². The topological polar surface area (TPSA) is 162 Å². The second-order valence-corrected chi connectivity index (χ2v) is 17.1. The van der Waals surface area contributed by atoms with Gasteiger partial charge in [-0.2, -0.15) is 0 Å². The number of ether oxygens (including phenoxy) is 1. The largest absolute Gasteiger partial charge is 0.507 e. The van der Waals surface area contributed by atoms with Crippen LogP contribution in [0.25, 0.3) is 22.2 Å². The molecule has 14 nitrogen and oxygen atoms in total. The second-order valence-electron chi connectivity index (χ2n) is 17.1. The van der Waals surface area contributed by atoms with Crippen LogP contribution >= 0.6 is 0 Å². The Bertz CT molecular complexity index is 2460. The third-order valence-electron chi connectivity index (χ3n) is 12.9. The molecule has 4 aliphatic heterocycles. The number of benzene rings is 3. The first-order valence-corrected chi connectivity index (χ1v) is 21.3. The van der Waals surface area contributed by atoms with Crippen molar-refractivity contribution in [2.24, 2.45) is 0 Å². The predicted octanol–water partition coefficient (Wildman–Crippen LogP) is 6.39. The number of anilines is 3. The number of amides is 4. The highest BCUT2D eigenvalue weighted by atomic mass is 19.1. The first-order chi connectivity index (χ1) is 29.4. The van der Waals surface area contributed by atoms with Crippen molar-refractivity contribution in [1.82, 2.24) is 29.9 Å². The first-order valence-electron chi connectivity index (χ1n) is 21.3. The van der Waals surface area contributed by atoms with Crippen LogP contribution in [0.3, 0.4) is 0 Å². The number of hydrogen-bond donors (Lipinski definition) is 3. The number of carbonyl (C=O) groups excluding carboxylic acids is 3. The normalized spacial score (nSPS) is 21.5. The molecule has 2 atom stereocenters. The fraction of sp³-hybridized carbons (Fsp3) is 0.413. The van der Waals surface area contributed by atoms with Crippen LogP contribution in [0.2, 0.25) is 0 Å². The molecule has 0 unspecified atom stereocenters. The van der Waals surface area contributed by atoms with Gasteiger partial charge in [0.2, 0.25) is 5.91 Å². The van der Waals surface area contributed by atoms with Gasteiger partial charge in [0.15, 0.2) is 5.82 Å². The summed E-state index contributed by atoms with van der Waals surface area (Å²) in [7, 11) is 0. The van der Waals surface area contributed by atoms with E-state index in [1.54, 1.807) is 28.0 Å². The molecule has 0 spiro atoms. The molecule has 0 saturated carbocycles. The summed E-state index contributed by atoms with van der Waals surface area (Å²) < 4.78 is 25.1. The van der Waals surface area contributed by atoms with Crippen molar-refractivity contribution >= 4 is 45.9 Å². The van der Waals surface area contributed by atoms with Crippen LogP contribution in [0.5, 0.6) is 5.75 Å². The maximum Gasteiger partial charge on any atom is 0.328 e. The highest BCUT2D eigenvalue weighted by molar-refractivity contribution is 6.06. The molecule has 4 aliphatic rings. The molecule has 0 radical (unpaired) electrons. The van der Waals surface area contributed by atoms with Crippen LogP contribution in [-0.4, -0.2) is 112 Å². The number of fused-ring (bicyclic) bond motifs is 1. The number of morpholine rings is 1. The number of nitrogens with zero attached hydrogens (tertiary/aromatic N) is 7. The van der Waals surface area contributed by atoms with E-state index in [4.69, 9.17) is 10.5 Å². The molecule has 0 bridgehead atoms. The summed E-state index contributed by atoms with van der Waals surface area (Å²) in [5.74, 6) is 0.0496. The summed E-state index contributed by atoms with van der Waals surface area (Å²) in [5.41, 5.74) is 11.3. The van der Waals surface area contributed by atoms with Crippen molar-refractivity contribution < 1.29 is 28.6 Å². The van der Waals surface area contributed by atoms with Gasteiger partial charge in [-0.25, -0.2) is 9.18 Å². The standard InChI is InChI=1S/C46H52FN9O5/c1-29-25-56(38-12-11-34(23-36(29)38)55-20-15-42(58)49-45(55)60)33-13-18-52(19-14-33)28-46(47)16-21-53(22-17-46)44(59)32-9-7-31(8-10-32)41-27-54(26-30(2)61-41)39-24-37(50-51-43(39)48)35-5-3-4-6-40(35)57/h3-12,23-25,30,33,41,57H,13-22,26-28H2,1-2H3,(H2,48,51)(H,49,58,60)/t30-,41-/m0/s1. The van der Waals surface area contributed by atoms with E-state index in [1.807, 2.05) is 55.5 Å². The van der Waals surface area contributed by atoms with Gasteiger partial charge in [0, 0.05) is 112 Å². The lowest BCUT2D eigenvalue weighted by Crippen LogP contribution is -2.51. The van der Waals surface area contributed by atoms with Crippen LogP contribution in [0.4, 0.5) is 26.4 Å². The number of nitrogens with two attached hydrogens (primary N) is 1. The lowest BCUT2D eigenvalue weighted by atomic mass is 9.91. The Kier molecular flexibility index (Phi) is 10.9. The fourth-order valence-electron chi connectivity index (χ4n) is 9.54. The zero-order valence-electron chi connectivity index (χ0n) is 34.6. The summed E-state index contributed by atoms with van der Waals surface area (Å²) in [4.78, 5) is 45.5. The van der Waals surface area contributed by atoms with E-state index in [0.29, 0.717) is 74.6 Å². The third-order valence-corrected chi connectivity index (χ3v) is 12.9. The molecule has 4 saturated heterocycles. The van der Waals surface area contributed by atoms with Crippen LogP contribution < -0.4 is 20.9 Å². The molecule has 15 heteroatoms. The van der Waals surface area contributed by atoms with Gasteiger partial charge in [-0.05, 0) is 86.3 Å². The molecule has 9 rings (SSSR count). The van der Waals surface area contributed by atoms with Crippen LogP contribution in [0, 0.1) is 6.92 Å². The van der Waals surface area contributed by atoms with Gasteiger partial charge in [0.05, 0.1) is 17.5 Å². The summed E-state index contributed by atoms with van der Waals surface area (Å²) >= 11 is 0. The number of phenolic OH excluding ortho intramolecular Hbond substituents is 1. The molecular formula is C46H52FN9O5. The Hall–Kier alpha value is -6.06. The number of nitrogen functional groups attached to an aromatic ring is 1. The van der Waals surface area contributed by atoms with E-state index in [9.17, 15) is 19.5 Å². The second kappa shape index (κ2) is 16.4. The van der Waals surface area contributed by atoms with Crippen LogP contribution in [-0.2, 0) is 9.53 Å². The summed E-state index contributed by atoms with van der Waals surface area (Å²) in [5, 5.41) is 22.3. The van der Waals surface area contributed by atoms with Gasteiger partial charge >= 0.3 is 6.03 Å². The number of phenols is 1. The molecule has 2 aromatic heterocycles. The maximum absolute atomic E-state index is 16.4. The van der Waals surface area contributed by atoms with Gasteiger partial charge in [-0.3, -0.25) is 19.8 Å². The van der Waals surface area contributed by atoms with Gasteiger partial charge in [-0.15, -0.1) is 10.2 Å². The molecule has 6 heterocycles. The predicted molar refractivity (Wildman–Crippen MR) is 231 cm³/mol. The number of piperidine rings is 2. The SMILES string of the molecule is Cc1cn(C2CCN(CC3(F)CCN(C(=O)c4ccc([C@@H]5CN(c6cc(-c7ccccc7O)nnc6N)C[C@H](C)O5)cc4)CC3)CC2)c2ccc(N3CCC(=O)NC3=O)cc12. The Labute approximate surface area is 354 Å². The van der Waals surface area contributed by atoms with Gasteiger partial charge in [0.25, 0.3) is 5.91 Å². The number of nitrogens with one attached hydrogen (secondary N) is 1. The summed E-state index contributed by atoms with van der Waals surface area (Å²) in [6, 6.07) is 22.3. The smallest absolute Gasteiger partial charge is 0.328 e. The zero-order chi connectivity index (χ0) is 42.4. The lowest BCUT2D eigenvalue weighted by Gasteiger charge is -2.41. The quantitative estimate of drug-likeness (QED) is 0.160. The van der Waals surface area contributed by atoms with Crippen molar-refractivity contribution in [2.75, 3.05) is 67.9 Å². The molecule has 4 fully saturated rings. The number of para-hydroxylation sites is 1. The van der Waals surface area contributed by atoms with Crippen LogP contribution in [0.15, 0.2) is 79.0 Å². The number of imide groups is 1. The van der Waals surface area contributed by atoms with E-state index in [-0.39, 0.29) is 48.1 Å². The number of halogens is 1. The summed E-state index contributed by atoms with van der Waals surface area (Å²) in [6.45, 7) is 8.20. The number of urea groups is 1. The number of rotatable bonds is 8. The molecule has 5 aromatic rings. The number of aryl methyl sites for hydroxylation is 1.